The van der Waals surface area contributed by atoms with Crippen LogP contribution in [0.5, 0.6) is 0 Å². The molecule has 2 aliphatic rings. The summed E-state index contributed by atoms with van der Waals surface area (Å²) in [5.41, 5.74) is 4.39. The van der Waals surface area contributed by atoms with E-state index in [9.17, 15) is 0 Å². The quantitative estimate of drug-likeness (QED) is 0.602. The van der Waals surface area contributed by atoms with Crippen LogP contribution in [0.15, 0.2) is 73.1 Å². The minimum atomic E-state index is 0.619. The summed E-state index contributed by atoms with van der Waals surface area (Å²) in [6, 6.07) is 22.4. The molecule has 154 valence electrons. The van der Waals surface area contributed by atoms with Gasteiger partial charge in [-0.2, -0.15) is 0 Å². The zero-order chi connectivity index (χ0) is 20.3. The van der Waals surface area contributed by atoms with Crippen molar-refractivity contribution in [3.63, 3.8) is 0 Å². The summed E-state index contributed by atoms with van der Waals surface area (Å²) >= 11 is 0. The molecule has 0 radical (unpaired) electrons. The molecule has 5 heteroatoms. The van der Waals surface area contributed by atoms with E-state index >= 15 is 0 Å². The molecule has 0 saturated heterocycles. The van der Waals surface area contributed by atoms with Crippen LogP contribution in [-0.2, 0) is 4.74 Å². The molecule has 0 atom stereocenters. The molecule has 0 unspecified atom stereocenters. The molecule has 1 aliphatic heterocycles. The molecular formula is C25H28N4O. The van der Waals surface area contributed by atoms with Gasteiger partial charge in [-0.1, -0.05) is 42.5 Å². The van der Waals surface area contributed by atoms with Gasteiger partial charge in [-0.05, 0) is 31.0 Å². The minimum Gasteiger partial charge on any atom is -0.383 e. The topological polar surface area (TPSA) is 40.6 Å². The minimum absolute atomic E-state index is 0.619. The SMILES string of the molecule is COCCNC1CC(N2C=CN(c3ccc4ccc(-c5ccccc5)nc4c3)C2)C1. The lowest BCUT2D eigenvalue weighted by molar-refractivity contribution is 0.136. The summed E-state index contributed by atoms with van der Waals surface area (Å²) < 4.78 is 5.12. The Morgan fingerprint density at radius 3 is 2.70 bits per heavy atom. The second kappa shape index (κ2) is 8.46. The molecule has 0 spiro atoms. The van der Waals surface area contributed by atoms with Crippen molar-refractivity contribution in [3.8, 4) is 11.3 Å². The van der Waals surface area contributed by atoms with Crippen LogP contribution in [-0.4, -0.2) is 48.9 Å². The zero-order valence-corrected chi connectivity index (χ0v) is 17.4. The Morgan fingerprint density at radius 2 is 1.87 bits per heavy atom. The number of methoxy groups -OCH3 is 1. The number of hydrogen-bond acceptors (Lipinski definition) is 5. The predicted molar refractivity (Wildman–Crippen MR) is 122 cm³/mol. The lowest BCUT2D eigenvalue weighted by Gasteiger charge is -2.42. The highest BCUT2D eigenvalue weighted by molar-refractivity contribution is 5.85. The van der Waals surface area contributed by atoms with Gasteiger partial charge in [0.25, 0.3) is 0 Å². The average molecular weight is 401 g/mol. The Labute approximate surface area is 178 Å². The molecule has 2 heterocycles. The number of fused-ring (bicyclic) bond motifs is 1. The van der Waals surface area contributed by atoms with Crippen molar-refractivity contribution in [2.75, 3.05) is 31.8 Å². The van der Waals surface area contributed by atoms with Gasteiger partial charge in [-0.15, -0.1) is 0 Å². The summed E-state index contributed by atoms with van der Waals surface area (Å²) in [5, 5.41) is 4.73. The van der Waals surface area contributed by atoms with E-state index in [4.69, 9.17) is 9.72 Å². The first kappa shape index (κ1) is 19.1. The molecule has 2 aromatic carbocycles. The second-order valence-corrected chi connectivity index (χ2v) is 8.13. The summed E-state index contributed by atoms with van der Waals surface area (Å²) in [5.74, 6) is 0. The largest absolute Gasteiger partial charge is 0.383 e. The number of ether oxygens (including phenoxy) is 1. The standard InChI is InChI=1S/C25H28N4O/c1-30-14-11-26-21-15-23(16-21)29-13-12-28(18-29)22-9-7-20-8-10-24(27-25(20)17-22)19-5-3-2-4-6-19/h2-10,12-13,17,21,23,26H,11,14-16,18H2,1H3. The van der Waals surface area contributed by atoms with E-state index < -0.39 is 0 Å². The molecule has 1 aliphatic carbocycles. The Kier molecular flexibility index (Phi) is 5.39. The van der Waals surface area contributed by atoms with Gasteiger partial charge in [-0.3, -0.25) is 0 Å². The number of benzene rings is 2. The van der Waals surface area contributed by atoms with Gasteiger partial charge >= 0.3 is 0 Å². The number of rotatable bonds is 7. The maximum absolute atomic E-state index is 5.12. The molecule has 0 amide bonds. The first-order valence-corrected chi connectivity index (χ1v) is 10.7. The highest BCUT2D eigenvalue weighted by Crippen LogP contribution is 2.31. The van der Waals surface area contributed by atoms with Crippen LogP contribution >= 0.6 is 0 Å². The third kappa shape index (κ3) is 3.91. The van der Waals surface area contributed by atoms with Crippen molar-refractivity contribution >= 4 is 16.6 Å². The van der Waals surface area contributed by atoms with E-state index in [1.807, 2.05) is 6.07 Å². The molecule has 5 rings (SSSR count). The summed E-state index contributed by atoms with van der Waals surface area (Å²) in [6.07, 6.45) is 6.81. The first-order valence-electron chi connectivity index (χ1n) is 10.7. The monoisotopic (exact) mass is 400 g/mol. The molecule has 5 nitrogen and oxygen atoms in total. The summed E-state index contributed by atoms with van der Waals surface area (Å²) in [7, 11) is 1.75. The number of nitrogens with zero attached hydrogens (tertiary/aromatic N) is 3. The molecule has 1 aromatic heterocycles. The van der Waals surface area contributed by atoms with E-state index in [-0.39, 0.29) is 0 Å². The average Bonchev–Trinajstić information content (AvgIpc) is 3.25. The number of nitrogens with one attached hydrogen (secondary N) is 1. The zero-order valence-electron chi connectivity index (χ0n) is 17.4. The normalized spacial score (nSPS) is 20.7. The predicted octanol–water partition coefficient (Wildman–Crippen LogP) is 4.22. The van der Waals surface area contributed by atoms with Gasteiger partial charge in [0, 0.05) is 54.8 Å². The lowest BCUT2D eigenvalue weighted by Crippen LogP contribution is -2.52. The van der Waals surface area contributed by atoms with E-state index in [0.29, 0.717) is 12.1 Å². The fourth-order valence-electron chi connectivity index (χ4n) is 4.29. The van der Waals surface area contributed by atoms with E-state index in [1.54, 1.807) is 7.11 Å². The van der Waals surface area contributed by atoms with Gasteiger partial charge in [0.1, 0.15) is 0 Å². The third-order valence-corrected chi connectivity index (χ3v) is 6.15. The van der Waals surface area contributed by atoms with Gasteiger partial charge in [0.2, 0.25) is 0 Å². The molecule has 1 saturated carbocycles. The maximum Gasteiger partial charge on any atom is 0.0944 e. The first-order chi connectivity index (χ1) is 14.8. The van der Waals surface area contributed by atoms with Crippen molar-refractivity contribution in [1.82, 2.24) is 15.2 Å². The molecule has 1 fully saturated rings. The molecular weight excluding hydrogens is 372 g/mol. The maximum atomic E-state index is 5.12. The second-order valence-electron chi connectivity index (χ2n) is 8.13. The third-order valence-electron chi connectivity index (χ3n) is 6.15. The van der Waals surface area contributed by atoms with Gasteiger partial charge in [0.15, 0.2) is 0 Å². The highest BCUT2D eigenvalue weighted by Gasteiger charge is 2.34. The highest BCUT2D eigenvalue weighted by atomic mass is 16.5. The molecule has 30 heavy (non-hydrogen) atoms. The smallest absolute Gasteiger partial charge is 0.0944 e. The molecule has 3 aromatic rings. The van der Waals surface area contributed by atoms with E-state index in [1.165, 1.54) is 23.9 Å². The van der Waals surface area contributed by atoms with Gasteiger partial charge < -0.3 is 19.9 Å². The lowest BCUT2D eigenvalue weighted by atomic mass is 9.86. The Bertz CT molecular complexity index is 1030. The van der Waals surface area contributed by atoms with Crippen LogP contribution in [0.25, 0.3) is 22.2 Å². The fraction of sp³-hybridized carbons (Fsp3) is 0.320. The van der Waals surface area contributed by atoms with Crippen LogP contribution in [0.4, 0.5) is 5.69 Å². The van der Waals surface area contributed by atoms with Gasteiger partial charge in [0.05, 0.1) is 24.5 Å². The molecule has 0 bridgehead atoms. The van der Waals surface area contributed by atoms with Crippen molar-refractivity contribution in [2.45, 2.75) is 24.9 Å². The van der Waals surface area contributed by atoms with Crippen LogP contribution in [0, 0.1) is 0 Å². The Balaban J connectivity index is 1.25. The number of hydrogen-bond donors (Lipinski definition) is 1. The Hall–Kier alpha value is -2.89. The van der Waals surface area contributed by atoms with Crippen LogP contribution in [0.1, 0.15) is 12.8 Å². The number of anilines is 1. The van der Waals surface area contributed by atoms with Crippen LogP contribution < -0.4 is 10.2 Å². The van der Waals surface area contributed by atoms with Crippen molar-refractivity contribution in [3.05, 3.63) is 73.1 Å². The summed E-state index contributed by atoms with van der Waals surface area (Å²) in [6.45, 7) is 2.62. The van der Waals surface area contributed by atoms with Crippen molar-refractivity contribution in [1.29, 1.82) is 0 Å². The van der Waals surface area contributed by atoms with Gasteiger partial charge in [-0.25, -0.2) is 4.98 Å². The number of pyridine rings is 1. The van der Waals surface area contributed by atoms with Crippen LogP contribution in [0.3, 0.4) is 0 Å². The molecule has 1 N–H and O–H groups in total. The van der Waals surface area contributed by atoms with E-state index in [2.05, 4.69) is 82.1 Å². The van der Waals surface area contributed by atoms with Crippen molar-refractivity contribution < 1.29 is 4.74 Å². The fourth-order valence-corrected chi connectivity index (χ4v) is 4.29. The number of aromatic nitrogens is 1. The Morgan fingerprint density at radius 1 is 1.03 bits per heavy atom. The van der Waals surface area contributed by atoms with Crippen molar-refractivity contribution in [2.24, 2.45) is 0 Å². The summed E-state index contributed by atoms with van der Waals surface area (Å²) in [4.78, 5) is 9.68. The van der Waals surface area contributed by atoms with Crippen LogP contribution in [0.2, 0.25) is 0 Å². The van der Waals surface area contributed by atoms with E-state index in [0.717, 1.165) is 36.6 Å².